The maximum Gasteiger partial charge on any atom is 0.168 e. The van der Waals surface area contributed by atoms with Crippen LogP contribution in [0, 0.1) is 6.92 Å². The fraction of sp³-hybridized carbons (Fsp3) is 0.333. The summed E-state index contributed by atoms with van der Waals surface area (Å²) in [6, 6.07) is 5.93. The first-order chi connectivity index (χ1) is 9.56. The van der Waals surface area contributed by atoms with Gasteiger partial charge in [0.1, 0.15) is 0 Å². The normalized spacial score (nSPS) is 13.2. The molecule has 20 heavy (non-hydrogen) atoms. The highest BCUT2D eigenvalue weighted by Crippen LogP contribution is 2.25. The molecular formula is C15H16BrN3O. The molecule has 0 saturated carbocycles. The zero-order chi connectivity index (χ0) is 14.3. The number of halogens is 1. The number of aryl methyl sites for hydroxylation is 2. The second-order valence-corrected chi connectivity index (χ2v) is 5.91. The molecule has 2 heterocycles. The first-order valence-electron chi connectivity index (χ1n) is 6.64. The fourth-order valence-electron chi connectivity index (χ4n) is 2.59. The largest absolute Gasteiger partial charge is 0.384 e. The third-order valence-corrected chi connectivity index (χ3v) is 4.76. The molecule has 0 radical (unpaired) electrons. The highest BCUT2D eigenvalue weighted by Gasteiger charge is 2.17. The van der Waals surface area contributed by atoms with Crippen molar-refractivity contribution in [3.63, 3.8) is 0 Å². The van der Waals surface area contributed by atoms with Crippen molar-refractivity contribution < 1.29 is 4.79 Å². The molecule has 0 atom stereocenters. The van der Waals surface area contributed by atoms with Crippen molar-refractivity contribution in [2.75, 3.05) is 11.9 Å². The van der Waals surface area contributed by atoms with E-state index >= 15 is 0 Å². The van der Waals surface area contributed by atoms with E-state index in [1.54, 1.807) is 4.68 Å². The maximum atomic E-state index is 12.4. The van der Waals surface area contributed by atoms with Gasteiger partial charge in [0.05, 0.1) is 22.3 Å². The van der Waals surface area contributed by atoms with E-state index in [-0.39, 0.29) is 5.78 Å². The highest BCUT2D eigenvalue weighted by atomic mass is 79.9. The van der Waals surface area contributed by atoms with Gasteiger partial charge in [0, 0.05) is 24.8 Å². The second kappa shape index (κ2) is 5.05. The number of benzene rings is 1. The quantitative estimate of drug-likeness (QED) is 0.878. The van der Waals surface area contributed by atoms with Crippen LogP contribution in [-0.2, 0) is 19.9 Å². The maximum absolute atomic E-state index is 12.4. The molecule has 1 aliphatic rings. The van der Waals surface area contributed by atoms with Crippen LogP contribution in [0.3, 0.4) is 0 Å². The third-order valence-electron chi connectivity index (χ3n) is 3.73. The Morgan fingerprint density at radius 3 is 3.00 bits per heavy atom. The lowest BCUT2D eigenvalue weighted by molar-refractivity contribution is 0.0990. The van der Waals surface area contributed by atoms with E-state index in [1.165, 1.54) is 5.56 Å². The number of nitrogens with one attached hydrogen (secondary N) is 1. The second-order valence-electron chi connectivity index (χ2n) is 5.12. The minimum atomic E-state index is 0.116. The van der Waals surface area contributed by atoms with Gasteiger partial charge in [0.15, 0.2) is 5.78 Å². The van der Waals surface area contributed by atoms with Crippen LogP contribution in [0.15, 0.2) is 22.7 Å². The summed E-state index contributed by atoms with van der Waals surface area (Å²) in [6.45, 7) is 2.89. The topological polar surface area (TPSA) is 46.9 Å². The molecule has 1 N–H and O–H groups in total. The summed E-state index contributed by atoms with van der Waals surface area (Å²) in [5, 5.41) is 7.63. The van der Waals surface area contributed by atoms with Crippen LogP contribution in [0.25, 0.3) is 0 Å². The number of fused-ring (bicyclic) bond motifs is 1. The number of nitrogens with zero attached hydrogens (tertiary/aromatic N) is 2. The van der Waals surface area contributed by atoms with Crippen molar-refractivity contribution in [3.8, 4) is 0 Å². The van der Waals surface area contributed by atoms with Gasteiger partial charge < -0.3 is 5.32 Å². The van der Waals surface area contributed by atoms with Crippen molar-refractivity contribution in [2.24, 2.45) is 7.05 Å². The Bertz CT molecular complexity index is 691. The summed E-state index contributed by atoms with van der Waals surface area (Å²) in [5.74, 6) is 0.116. The zero-order valence-corrected chi connectivity index (χ0v) is 13.1. The fourth-order valence-corrected chi connectivity index (χ4v) is 3.07. The molecule has 1 aliphatic heterocycles. The van der Waals surface area contributed by atoms with Gasteiger partial charge in [-0.2, -0.15) is 5.10 Å². The predicted octanol–water partition coefficient (Wildman–Crippen LogP) is 2.88. The number of hydrogen-bond donors (Lipinski definition) is 1. The predicted molar refractivity (Wildman–Crippen MR) is 82.3 cm³/mol. The molecule has 0 bridgehead atoms. The Morgan fingerprint density at radius 2 is 2.30 bits per heavy atom. The number of rotatable bonds is 3. The molecular weight excluding hydrogens is 318 g/mol. The minimum Gasteiger partial charge on any atom is -0.384 e. The summed E-state index contributed by atoms with van der Waals surface area (Å²) in [4.78, 5) is 12.4. The molecule has 0 saturated heterocycles. The number of Topliss-reactive ketones (excluding diaryl/α,β-unsaturated/α-hetero) is 1. The molecule has 0 amide bonds. The summed E-state index contributed by atoms with van der Waals surface area (Å²) < 4.78 is 2.69. The molecule has 0 fully saturated rings. The lowest BCUT2D eigenvalue weighted by Gasteiger charge is -2.06. The van der Waals surface area contributed by atoms with E-state index in [0.717, 1.165) is 40.1 Å². The van der Waals surface area contributed by atoms with E-state index in [4.69, 9.17) is 0 Å². The van der Waals surface area contributed by atoms with Crippen molar-refractivity contribution in [2.45, 2.75) is 19.8 Å². The molecule has 0 unspecified atom stereocenters. The van der Waals surface area contributed by atoms with Gasteiger partial charge in [-0.1, -0.05) is 12.1 Å². The van der Waals surface area contributed by atoms with Gasteiger partial charge in [-0.15, -0.1) is 0 Å². The number of anilines is 1. The van der Waals surface area contributed by atoms with Crippen LogP contribution >= 0.6 is 15.9 Å². The third kappa shape index (κ3) is 2.26. The van der Waals surface area contributed by atoms with Gasteiger partial charge >= 0.3 is 0 Å². The van der Waals surface area contributed by atoms with Gasteiger partial charge in [-0.05, 0) is 40.9 Å². The molecule has 3 rings (SSSR count). The minimum absolute atomic E-state index is 0.116. The van der Waals surface area contributed by atoms with E-state index < -0.39 is 0 Å². The van der Waals surface area contributed by atoms with Crippen LogP contribution in [0.5, 0.6) is 0 Å². The van der Waals surface area contributed by atoms with Crippen LogP contribution < -0.4 is 5.32 Å². The van der Waals surface area contributed by atoms with E-state index in [0.29, 0.717) is 6.42 Å². The number of carbonyl (C=O) groups excluding carboxylic acids is 1. The molecule has 0 aliphatic carbocycles. The number of ketones is 1. The Kier molecular flexibility index (Phi) is 3.38. The monoisotopic (exact) mass is 333 g/mol. The lowest BCUT2D eigenvalue weighted by Crippen LogP contribution is -2.08. The first kappa shape index (κ1) is 13.4. The standard InChI is InChI=1S/C15H16BrN3O/c1-9-15(16)13(19(2)18-9)8-14(20)11-4-3-10-5-6-17-12(10)7-11/h3-4,7,17H,5-6,8H2,1-2H3. The average Bonchev–Trinajstić information content (AvgIpc) is 2.98. The highest BCUT2D eigenvalue weighted by molar-refractivity contribution is 9.10. The number of aromatic nitrogens is 2. The molecule has 5 heteroatoms. The molecule has 104 valence electrons. The smallest absolute Gasteiger partial charge is 0.168 e. The zero-order valence-electron chi connectivity index (χ0n) is 11.5. The molecule has 4 nitrogen and oxygen atoms in total. The number of carbonyl (C=O) groups is 1. The Hall–Kier alpha value is -1.62. The summed E-state index contributed by atoms with van der Waals surface area (Å²) in [7, 11) is 1.87. The van der Waals surface area contributed by atoms with Crippen molar-refractivity contribution in [3.05, 3.63) is 45.2 Å². The Morgan fingerprint density at radius 1 is 1.50 bits per heavy atom. The average molecular weight is 334 g/mol. The van der Waals surface area contributed by atoms with E-state index in [1.807, 2.05) is 32.2 Å². The van der Waals surface area contributed by atoms with Crippen molar-refractivity contribution in [1.82, 2.24) is 9.78 Å². The molecule has 2 aromatic rings. The molecule has 0 spiro atoms. The summed E-state index contributed by atoms with van der Waals surface area (Å²) in [6.07, 6.45) is 1.40. The van der Waals surface area contributed by atoms with Gasteiger partial charge in [-0.25, -0.2) is 0 Å². The van der Waals surface area contributed by atoms with Crippen molar-refractivity contribution >= 4 is 27.4 Å². The van der Waals surface area contributed by atoms with Crippen LogP contribution in [0.1, 0.15) is 27.3 Å². The Labute approximate surface area is 126 Å². The summed E-state index contributed by atoms with van der Waals surface area (Å²) >= 11 is 3.50. The van der Waals surface area contributed by atoms with Crippen LogP contribution in [0.4, 0.5) is 5.69 Å². The Balaban J connectivity index is 1.86. The number of hydrogen-bond acceptors (Lipinski definition) is 3. The molecule has 1 aromatic heterocycles. The lowest BCUT2D eigenvalue weighted by atomic mass is 10.0. The van der Waals surface area contributed by atoms with Crippen LogP contribution in [0.2, 0.25) is 0 Å². The van der Waals surface area contributed by atoms with E-state index in [9.17, 15) is 4.79 Å². The molecule has 1 aromatic carbocycles. The van der Waals surface area contributed by atoms with Gasteiger partial charge in [-0.3, -0.25) is 9.48 Å². The summed E-state index contributed by atoms with van der Waals surface area (Å²) in [5.41, 5.74) is 4.96. The SMILES string of the molecule is Cc1nn(C)c(CC(=O)c2ccc3c(c2)NCC3)c1Br. The van der Waals surface area contributed by atoms with Gasteiger partial charge in [0.2, 0.25) is 0 Å². The van der Waals surface area contributed by atoms with Crippen LogP contribution in [-0.4, -0.2) is 22.1 Å². The van der Waals surface area contributed by atoms with Gasteiger partial charge in [0.25, 0.3) is 0 Å². The van der Waals surface area contributed by atoms with Crippen molar-refractivity contribution in [1.29, 1.82) is 0 Å². The van der Waals surface area contributed by atoms with E-state index in [2.05, 4.69) is 26.3 Å². The first-order valence-corrected chi connectivity index (χ1v) is 7.43.